The van der Waals surface area contributed by atoms with Gasteiger partial charge in [0.05, 0.1) is 26.9 Å². The van der Waals surface area contributed by atoms with E-state index in [4.69, 9.17) is 14.2 Å². The van der Waals surface area contributed by atoms with E-state index >= 15 is 0 Å². The van der Waals surface area contributed by atoms with Gasteiger partial charge in [-0.25, -0.2) is 0 Å². The lowest BCUT2D eigenvalue weighted by Gasteiger charge is -2.12. The summed E-state index contributed by atoms with van der Waals surface area (Å²) in [5, 5.41) is 0. The molecule has 0 atom stereocenters. The predicted molar refractivity (Wildman–Crippen MR) is 76.9 cm³/mol. The number of aldehydes is 1. The molecule has 0 saturated carbocycles. The average molecular weight is 272 g/mol. The molecule has 0 heterocycles. The highest BCUT2D eigenvalue weighted by atomic mass is 16.5. The minimum Gasteiger partial charge on any atom is -0.497 e. The van der Waals surface area contributed by atoms with Crippen LogP contribution in [0.15, 0.2) is 36.4 Å². The molecule has 20 heavy (non-hydrogen) atoms. The number of ether oxygens (including phenoxy) is 3. The summed E-state index contributed by atoms with van der Waals surface area (Å²) >= 11 is 0. The third kappa shape index (κ3) is 2.59. The van der Waals surface area contributed by atoms with Crippen molar-refractivity contribution in [2.24, 2.45) is 0 Å². The number of methoxy groups -OCH3 is 3. The molecule has 0 aliphatic rings. The molecule has 0 unspecified atom stereocenters. The average Bonchev–Trinajstić information content (AvgIpc) is 2.53. The summed E-state index contributed by atoms with van der Waals surface area (Å²) < 4.78 is 15.6. The molecular weight excluding hydrogens is 256 g/mol. The second-order valence-electron chi connectivity index (χ2n) is 4.15. The van der Waals surface area contributed by atoms with E-state index in [-0.39, 0.29) is 0 Å². The Kier molecular flexibility index (Phi) is 4.25. The first-order valence-electron chi connectivity index (χ1n) is 6.09. The van der Waals surface area contributed by atoms with Gasteiger partial charge in [-0.1, -0.05) is 12.1 Å². The maximum atomic E-state index is 11.2. The number of rotatable bonds is 5. The molecule has 0 N–H and O–H groups in total. The minimum absolute atomic E-state index is 0.444. The second kappa shape index (κ2) is 6.10. The minimum atomic E-state index is 0.444. The molecule has 0 fully saturated rings. The lowest BCUT2D eigenvalue weighted by Crippen LogP contribution is -1.96. The second-order valence-corrected chi connectivity index (χ2v) is 4.15. The summed E-state index contributed by atoms with van der Waals surface area (Å²) in [6.45, 7) is 0. The van der Waals surface area contributed by atoms with Crippen molar-refractivity contribution in [3.63, 3.8) is 0 Å². The smallest absolute Gasteiger partial charge is 0.171 e. The molecule has 2 aromatic carbocycles. The van der Waals surface area contributed by atoms with Gasteiger partial charge in [0.2, 0.25) is 0 Å². The van der Waals surface area contributed by atoms with Crippen molar-refractivity contribution in [1.82, 2.24) is 0 Å². The van der Waals surface area contributed by atoms with Gasteiger partial charge >= 0.3 is 0 Å². The molecule has 0 amide bonds. The van der Waals surface area contributed by atoms with Crippen LogP contribution in [0.3, 0.4) is 0 Å². The van der Waals surface area contributed by atoms with E-state index in [2.05, 4.69) is 0 Å². The van der Waals surface area contributed by atoms with Crippen molar-refractivity contribution in [3.05, 3.63) is 42.0 Å². The zero-order valence-corrected chi connectivity index (χ0v) is 11.7. The van der Waals surface area contributed by atoms with E-state index in [9.17, 15) is 4.79 Å². The van der Waals surface area contributed by atoms with Crippen LogP contribution in [0.1, 0.15) is 10.4 Å². The van der Waals surface area contributed by atoms with Crippen LogP contribution in [0.2, 0.25) is 0 Å². The third-order valence-corrected chi connectivity index (χ3v) is 3.06. The molecule has 2 aromatic rings. The van der Waals surface area contributed by atoms with E-state index < -0.39 is 0 Å². The summed E-state index contributed by atoms with van der Waals surface area (Å²) in [7, 11) is 4.68. The number of hydrogen-bond acceptors (Lipinski definition) is 4. The molecular formula is C16H16O4. The quantitative estimate of drug-likeness (QED) is 0.784. The van der Waals surface area contributed by atoms with Crippen molar-refractivity contribution in [2.75, 3.05) is 21.3 Å². The number of hydrogen-bond donors (Lipinski definition) is 0. The Labute approximate surface area is 117 Å². The molecule has 4 nitrogen and oxygen atoms in total. The lowest BCUT2D eigenvalue weighted by molar-refractivity contribution is 0.112. The van der Waals surface area contributed by atoms with Crippen molar-refractivity contribution in [1.29, 1.82) is 0 Å². The first kappa shape index (κ1) is 13.9. The molecule has 104 valence electrons. The van der Waals surface area contributed by atoms with Gasteiger partial charge in [0, 0.05) is 0 Å². The Morgan fingerprint density at radius 3 is 2.05 bits per heavy atom. The third-order valence-electron chi connectivity index (χ3n) is 3.06. The van der Waals surface area contributed by atoms with Crippen molar-refractivity contribution in [3.8, 4) is 28.4 Å². The summed E-state index contributed by atoms with van der Waals surface area (Å²) in [6, 6.07) is 11.2. The zero-order chi connectivity index (χ0) is 14.5. The molecule has 2 rings (SSSR count). The van der Waals surface area contributed by atoms with Crippen LogP contribution in [0.4, 0.5) is 0 Å². The summed E-state index contributed by atoms with van der Waals surface area (Å²) in [4.78, 5) is 11.2. The van der Waals surface area contributed by atoms with E-state index in [1.807, 2.05) is 30.3 Å². The van der Waals surface area contributed by atoms with Gasteiger partial charge in [-0.2, -0.15) is 0 Å². The summed E-state index contributed by atoms with van der Waals surface area (Å²) in [5.74, 6) is 1.76. The normalized spacial score (nSPS) is 9.95. The fraction of sp³-hybridized carbons (Fsp3) is 0.188. The maximum Gasteiger partial charge on any atom is 0.171 e. The Bertz CT molecular complexity index is 603. The van der Waals surface area contributed by atoms with Gasteiger partial charge in [0.25, 0.3) is 0 Å². The Hall–Kier alpha value is -2.49. The monoisotopic (exact) mass is 272 g/mol. The predicted octanol–water partition coefficient (Wildman–Crippen LogP) is 3.19. The molecule has 0 radical (unpaired) electrons. The van der Waals surface area contributed by atoms with Crippen LogP contribution in [-0.4, -0.2) is 27.6 Å². The van der Waals surface area contributed by atoms with Crippen LogP contribution in [-0.2, 0) is 0 Å². The molecule has 0 bridgehead atoms. The zero-order valence-electron chi connectivity index (χ0n) is 11.7. The number of carbonyl (C=O) groups excluding carboxylic acids is 1. The SMILES string of the molecule is COc1ccc(-c2cc(C=O)c(OC)c(OC)c2)cc1. The van der Waals surface area contributed by atoms with E-state index in [0.29, 0.717) is 17.1 Å². The van der Waals surface area contributed by atoms with Crippen LogP contribution in [0, 0.1) is 0 Å². The lowest BCUT2D eigenvalue weighted by atomic mass is 10.0. The Balaban J connectivity index is 2.53. The molecule has 0 aliphatic carbocycles. The molecule has 0 aromatic heterocycles. The van der Waals surface area contributed by atoms with E-state index in [1.165, 1.54) is 7.11 Å². The fourth-order valence-corrected chi connectivity index (χ4v) is 2.03. The van der Waals surface area contributed by atoms with Gasteiger partial charge in [-0.15, -0.1) is 0 Å². The van der Waals surface area contributed by atoms with Crippen LogP contribution in [0.5, 0.6) is 17.2 Å². The molecule has 0 saturated heterocycles. The van der Waals surface area contributed by atoms with Gasteiger partial charge < -0.3 is 14.2 Å². The van der Waals surface area contributed by atoms with E-state index in [1.54, 1.807) is 20.3 Å². The first-order valence-corrected chi connectivity index (χ1v) is 6.09. The van der Waals surface area contributed by atoms with Gasteiger partial charge in [0.1, 0.15) is 5.75 Å². The Morgan fingerprint density at radius 1 is 0.850 bits per heavy atom. The van der Waals surface area contributed by atoms with Crippen LogP contribution < -0.4 is 14.2 Å². The first-order chi connectivity index (χ1) is 9.73. The molecule has 4 heteroatoms. The molecule has 0 aliphatic heterocycles. The van der Waals surface area contributed by atoms with Crippen LogP contribution in [0.25, 0.3) is 11.1 Å². The van der Waals surface area contributed by atoms with E-state index in [0.717, 1.165) is 23.2 Å². The number of benzene rings is 2. The topological polar surface area (TPSA) is 44.8 Å². The number of carbonyl (C=O) groups is 1. The van der Waals surface area contributed by atoms with Gasteiger partial charge in [-0.05, 0) is 35.4 Å². The van der Waals surface area contributed by atoms with Crippen molar-refractivity contribution < 1.29 is 19.0 Å². The van der Waals surface area contributed by atoms with Gasteiger partial charge in [0.15, 0.2) is 17.8 Å². The Morgan fingerprint density at radius 2 is 1.55 bits per heavy atom. The van der Waals surface area contributed by atoms with Crippen LogP contribution >= 0.6 is 0 Å². The highest BCUT2D eigenvalue weighted by molar-refractivity contribution is 5.85. The van der Waals surface area contributed by atoms with Crippen molar-refractivity contribution in [2.45, 2.75) is 0 Å². The summed E-state index contributed by atoms with van der Waals surface area (Å²) in [6.07, 6.45) is 0.758. The van der Waals surface area contributed by atoms with Crippen molar-refractivity contribution >= 4 is 6.29 Å². The standard InChI is InChI=1S/C16H16O4/c1-18-14-6-4-11(5-7-14)12-8-13(10-17)16(20-3)15(9-12)19-2/h4-10H,1-3H3. The highest BCUT2D eigenvalue weighted by Crippen LogP contribution is 2.35. The molecule has 0 spiro atoms. The maximum absolute atomic E-state index is 11.2. The summed E-state index contributed by atoms with van der Waals surface area (Å²) in [5.41, 5.74) is 2.31. The largest absolute Gasteiger partial charge is 0.497 e. The highest BCUT2D eigenvalue weighted by Gasteiger charge is 2.12. The fourth-order valence-electron chi connectivity index (χ4n) is 2.03. The van der Waals surface area contributed by atoms with Gasteiger partial charge in [-0.3, -0.25) is 4.79 Å².